The number of hydrogen-bond acceptors (Lipinski definition) is 3. The molecule has 8 aromatic carbocycles. The molecule has 0 spiro atoms. The lowest BCUT2D eigenvalue weighted by Gasteiger charge is -2.23. The van der Waals surface area contributed by atoms with Gasteiger partial charge < -0.3 is 0 Å². The van der Waals surface area contributed by atoms with Crippen molar-refractivity contribution in [2.75, 3.05) is 0 Å². The van der Waals surface area contributed by atoms with Gasteiger partial charge >= 0.3 is 0 Å². The molecule has 0 aliphatic carbocycles. The molecular weight excluding hydrogens is 741 g/mol. The van der Waals surface area contributed by atoms with Crippen LogP contribution in [-0.4, -0.2) is 20.1 Å². The number of rotatable bonds is 8. The lowest BCUT2D eigenvalue weighted by molar-refractivity contribution is 0.748. The summed E-state index contributed by atoms with van der Waals surface area (Å²) in [6.07, 6.45) is 3.08. The van der Waals surface area contributed by atoms with Crippen LogP contribution in [0.2, 0.25) is 0 Å². The van der Waals surface area contributed by atoms with Crippen molar-refractivity contribution in [2.45, 2.75) is 12.5 Å². The number of aliphatic imine (C=N–C) groups is 1. The molecule has 0 saturated heterocycles. The predicted molar refractivity (Wildman–Crippen MR) is 252 cm³/mol. The first-order valence-electron chi connectivity index (χ1n) is 20.9. The summed E-state index contributed by atoms with van der Waals surface area (Å²) >= 11 is 0. The van der Waals surface area contributed by atoms with Crippen LogP contribution in [-0.2, 0) is 0 Å². The molecule has 4 heteroatoms. The Kier molecular flexibility index (Phi) is 9.29. The summed E-state index contributed by atoms with van der Waals surface area (Å²) < 4.78 is 2.25. The van der Waals surface area contributed by atoms with Crippen LogP contribution in [0, 0.1) is 0 Å². The normalized spacial score (nSPS) is 13.9. The van der Waals surface area contributed by atoms with Crippen LogP contribution >= 0.6 is 0 Å². The maximum atomic E-state index is 5.42. The zero-order chi connectivity index (χ0) is 40.5. The Morgan fingerprint density at radius 1 is 0.377 bits per heavy atom. The van der Waals surface area contributed by atoms with Gasteiger partial charge in [-0.2, -0.15) is 0 Å². The van der Waals surface area contributed by atoms with E-state index in [0.29, 0.717) is 5.82 Å². The van der Waals surface area contributed by atoms with Crippen LogP contribution < -0.4 is 0 Å². The van der Waals surface area contributed by atoms with Crippen molar-refractivity contribution in [1.29, 1.82) is 0 Å². The van der Waals surface area contributed by atoms with E-state index in [-0.39, 0.29) is 6.04 Å². The van der Waals surface area contributed by atoms with E-state index in [9.17, 15) is 0 Å². The van der Waals surface area contributed by atoms with E-state index in [2.05, 4.69) is 205 Å². The Hall–Kier alpha value is -7.95. The highest BCUT2D eigenvalue weighted by molar-refractivity contribution is 6.13. The van der Waals surface area contributed by atoms with Crippen molar-refractivity contribution in [3.05, 3.63) is 241 Å². The fourth-order valence-electron chi connectivity index (χ4n) is 8.67. The maximum Gasteiger partial charge on any atom is 0.163 e. The molecule has 61 heavy (non-hydrogen) atoms. The molecule has 3 heterocycles. The van der Waals surface area contributed by atoms with Gasteiger partial charge in [-0.25, -0.2) is 9.97 Å². The van der Waals surface area contributed by atoms with Crippen LogP contribution in [0.25, 0.3) is 78.3 Å². The third kappa shape index (κ3) is 6.94. The van der Waals surface area contributed by atoms with Gasteiger partial charge in [0.05, 0.1) is 17.4 Å². The van der Waals surface area contributed by atoms with E-state index in [0.717, 1.165) is 62.3 Å². The largest absolute Gasteiger partial charge is 0.277 e. The molecule has 288 valence electrons. The Labute approximate surface area is 355 Å². The summed E-state index contributed by atoms with van der Waals surface area (Å²) in [4.78, 5) is 15.9. The van der Waals surface area contributed by atoms with Crippen LogP contribution in [0.15, 0.2) is 229 Å². The first-order valence-corrected chi connectivity index (χ1v) is 20.9. The van der Waals surface area contributed by atoms with Gasteiger partial charge in [0.1, 0.15) is 11.5 Å². The Morgan fingerprint density at radius 3 is 1.44 bits per heavy atom. The molecule has 10 aromatic rings. The fourth-order valence-corrected chi connectivity index (χ4v) is 8.67. The van der Waals surface area contributed by atoms with Gasteiger partial charge in [0.15, 0.2) is 5.82 Å². The Balaban J connectivity index is 1.01. The summed E-state index contributed by atoms with van der Waals surface area (Å²) in [5, 5.41) is 2.23. The van der Waals surface area contributed by atoms with Gasteiger partial charge in [0.25, 0.3) is 0 Å². The van der Waals surface area contributed by atoms with Gasteiger partial charge in [0.2, 0.25) is 0 Å². The second-order valence-corrected chi connectivity index (χ2v) is 15.6. The molecule has 0 radical (unpaired) electrons. The first kappa shape index (κ1) is 36.2. The molecule has 1 aliphatic heterocycles. The monoisotopic (exact) mass is 780 g/mol. The second-order valence-electron chi connectivity index (χ2n) is 15.6. The minimum atomic E-state index is -0.0313. The average Bonchev–Trinajstić information content (AvgIpc) is 3.69. The molecule has 4 nitrogen and oxygen atoms in total. The minimum absolute atomic E-state index is 0.0313. The third-order valence-corrected chi connectivity index (χ3v) is 11.8. The van der Waals surface area contributed by atoms with Crippen LogP contribution in [0.4, 0.5) is 0 Å². The topological polar surface area (TPSA) is 42.5 Å². The standard InChI is InChI=1S/C57H40N4/c1-5-15-39(16-6-1)41-25-31-44(32-26-41)52-37-49(38-53(58-52)45-33-27-42(28-34-45)40-17-7-2-8-18-40)43-29-35-46(36-30-43)54-50-23-13-14-24-51(50)57-60-55(47-19-9-3-10-20-47)59-56(61(54)57)48-21-11-4-12-22-48/h1-37,53H,38H2. The summed E-state index contributed by atoms with van der Waals surface area (Å²) in [6.45, 7) is 0. The molecule has 0 N–H and O–H groups in total. The SMILES string of the molecule is C1=C(c2ccc(-c3c4ccccc4c4nc(-c5ccccc5)nc(-c5ccccc5)n34)cc2)CC(c2ccc(-c3ccccc3)cc2)N=C1c1ccc(-c2ccccc2)cc1. The lowest BCUT2D eigenvalue weighted by Crippen LogP contribution is -2.10. The fraction of sp³-hybridized carbons (Fsp3) is 0.0351. The van der Waals surface area contributed by atoms with E-state index >= 15 is 0 Å². The highest BCUT2D eigenvalue weighted by atomic mass is 15.1. The lowest BCUT2D eigenvalue weighted by atomic mass is 9.88. The van der Waals surface area contributed by atoms with Crippen molar-refractivity contribution in [2.24, 2.45) is 4.99 Å². The molecule has 1 atom stereocenters. The van der Waals surface area contributed by atoms with Gasteiger partial charge in [-0.3, -0.25) is 9.39 Å². The molecule has 1 aliphatic rings. The smallest absolute Gasteiger partial charge is 0.163 e. The molecule has 0 saturated carbocycles. The number of fused-ring (bicyclic) bond motifs is 3. The van der Waals surface area contributed by atoms with Crippen LogP contribution in [0.5, 0.6) is 0 Å². The average molecular weight is 781 g/mol. The van der Waals surface area contributed by atoms with Gasteiger partial charge in [-0.05, 0) is 62.6 Å². The molecule has 11 rings (SSSR count). The van der Waals surface area contributed by atoms with E-state index in [4.69, 9.17) is 15.0 Å². The Bertz CT molecular complexity index is 3210. The molecule has 0 bridgehead atoms. The minimum Gasteiger partial charge on any atom is -0.277 e. The van der Waals surface area contributed by atoms with Crippen molar-refractivity contribution >= 4 is 27.7 Å². The number of aromatic nitrogens is 3. The summed E-state index contributed by atoms with van der Waals surface area (Å²) in [5.74, 6) is 1.56. The highest BCUT2D eigenvalue weighted by Crippen LogP contribution is 2.40. The quantitative estimate of drug-likeness (QED) is 0.154. The number of benzene rings is 8. The number of hydrogen-bond donors (Lipinski definition) is 0. The van der Waals surface area contributed by atoms with Crippen molar-refractivity contribution in [3.63, 3.8) is 0 Å². The van der Waals surface area contributed by atoms with E-state index in [1.165, 1.54) is 39.0 Å². The van der Waals surface area contributed by atoms with E-state index < -0.39 is 0 Å². The number of dihydropyridines is 1. The van der Waals surface area contributed by atoms with E-state index in [1.807, 2.05) is 24.3 Å². The van der Waals surface area contributed by atoms with Crippen molar-refractivity contribution < 1.29 is 0 Å². The van der Waals surface area contributed by atoms with Crippen LogP contribution in [0.1, 0.15) is 29.2 Å². The summed E-state index contributed by atoms with van der Waals surface area (Å²) in [5.41, 5.74) is 15.6. The second kappa shape index (κ2) is 15.7. The van der Waals surface area contributed by atoms with Crippen LogP contribution in [0.3, 0.4) is 0 Å². The number of nitrogens with zero attached hydrogens (tertiary/aromatic N) is 4. The molecule has 0 amide bonds. The third-order valence-electron chi connectivity index (χ3n) is 11.8. The zero-order valence-corrected chi connectivity index (χ0v) is 33.4. The summed E-state index contributed by atoms with van der Waals surface area (Å²) in [6, 6.07) is 77.2. The van der Waals surface area contributed by atoms with Crippen molar-refractivity contribution in [1.82, 2.24) is 14.4 Å². The first-order chi connectivity index (χ1) is 30.2. The maximum absolute atomic E-state index is 5.42. The predicted octanol–water partition coefficient (Wildman–Crippen LogP) is 14.2. The molecule has 2 aromatic heterocycles. The Morgan fingerprint density at radius 2 is 0.836 bits per heavy atom. The van der Waals surface area contributed by atoms with Gasteiger partial charge in [-0.15, -0.1) is 0 Å². The molecule has 1 unspecified atom stereocenters. The van der Waals surface area contributed by atoms with Crippen molar-refractivity contribution in [3.8, 4) is 56.3 Å². The number of allylic oxidation sites excluding steroid dienone is 1. The summed E-state index contributed by atoms with van der Waals surface area (Å²) in [7, 11) is 0. The molecule has 0 fully saturated rings. The highest BCUT2D eigenvalue weighted by Gasteiger charge is 2.23. The molecular formula is C57H40N4. The van der Waals surface area contributed by atoms with Gasteiger partial charge in [-0.1, -0.05) is 218 Å². The van der Waals surface area contributed by atoms with E-state index in [1.54, 1.807) is 0 Å². The zero-order valence-electron chi connectivity index (χ0n) is 33.4. The van der Waals surface area contributed by atoms with Gasteiger partial charge in [0, 0.05) is 21.9 Å².